The summed E-state index contributed by atoms with van der Waals surface area (Å²) in [4.78, 5) is 1.04. The monoisotopic (exact) mass is 326 g/mol. The van der Waals surface area contributed by atoms with Gasteiger partial charge in [-0.25, -0.2) is 8.42 Å². The molecule has 6 heteroatoms. The van der Waals surface area contributed by atoms with Crippen LogP contribution in [0.5, 0.6) is 0 Å². The van der Waals surface area contributed by atoms with E-state index in [4.69, 9.17) is 0 Å². The summed E-state index contributed by atoms with van der Waals surface area (Å²) in [6, 6.07) is 5.70. The zero-order chi connectivity index (χ0) is 15.5. The van der Waals surface area contributed by atoms with Crippen molar-refractivity contribution >= 4 is 21.4 Å². The highest BCUT2D eigenvalue weighted by Gasteiger charge is 2.39. The maximum Gasteiger partial charge on any atom is 0.251 e. The van der Waals surface area contributed by atoms with Crippen molar-refractivity contribution in [1.29, 1.82) is 5.26 Å². The number of aryl methyl sites for hydroxylation is 1. The molecule has 1 saturated carbocycles. The van der Waals surface area contributed by atoms with E-state index in [-0.39, 0.29) is 0 Å². The standard InChI is InChI=1S/C15H22N2O2S2/c1-3-12-7-9-15(11-16,10-8-12)17-21(18,19)14-6-5-13(4-2)20-14/h5-6,12,17H,3-4,7-10H2,1-2H3. The first-order valence-electron chi connectivity index (χ1n) is 7.48. The second-order valence-corrected chi connectivity index (χ2v) is 8.80. The number of sulfonamides is 1. The van der Waals surface area contributed by atoms with Gasteiger partial charge in [-0.2, -0.15) is 9.98 Å². The molecule has 1 aliphatic rings. The van der Waals surface area contributed by atoms with Gasteiger partial charge in [0.2, 0.25) is 0 Å². The Kier molecular flexibility index (Phi) is 5.07. The smallest absolute Gasteiger partial charge is 0.206 e. The lowest BCUT2D eigenvalue weighted by Gasteiger charge is -2.34. The van der Waals surface area contributed by atoms with Crippen LogP contribution in [0.3, 0.4) is 0 Å². The van der Waals surface area contributed by atoms with Crippen molar-refractivity contribution in [1.82, 2.24) is 4.72 Å². The van der Waals surface area contributed by atoms with Gasteiger partial charge in [-0.3, -0.25) is 0 Å². The van der Waals surface area contributed by atoms with Gasteiger partial charge in [0.25, 0.3) is 10.0 Å². The van der Waals surface area contributed by atoms with Gasteiger partial charge >= 0.3 is 0 Å². The van der Waals surface area contributed by atoms with E-state index in [9.17, 15) is 13.7 Å². The van der Waals surface area contributed by atoms with Crippen LogP contribution in [0.1, 0.15) is 50.8 Å². The lowest BCUT2D eigenvalue weighted by Crippen LogP contribution is -2.49. The van der Waals surface area contributed by atoms with Gasteiger partial charge in [-0.05, 0) is 50.2 Å². The maximum atomic E-state index is 12.5. The Morgan fingerprint density at radius 3 is 2.52 bits per heavy atom. The van der Waals surface area contributed by atoms with E-state index in [1.807, 2.05) is 13.0 Å². The summed E-state index contributed by atoms with van der Waals surface area (Å²) in [5.74, 6) is 0.615. The predicted molar refractivity (Wildman–Crippen MR) is 84.6 cm³/mol. The van der Waals surface area contributed by atoms with Crippen LogP contribution in [0.2, 0.25) is 0 Å². The first-order valence-corrected chi connectivity index (χ1v) is 9.78. The summed E-state index contributed by atoms with van der Waals surface area (Å²) in [5.41, 5.74) is -0.930. The third kappa shape index (κ3) is 3.65. The number of hydrogen-bond donors (Lipinski definition) is 1. The fourth-order valence-electron chi connectivity index (χ4n) is 2.82. The molecule has 4 nitrogen and oxygen atoms in total. The molecule has 1 N–H and O–H groups in total. The van der Waals surface area contributed by atoms with Crippen molar-refractivity contribution < 1.29 is 8.42 Å². The van der Waals surface area contributed by atoms with Crippen LogP contribution in [0.4, 0.5) is 0 Å². The highest BCUT2D eigenvalue weighted by Crippen LogP contribution is 2.35. The zero-order valence-corrected chi connectivity index (χ0v) is 14.2. The molecule has 0 unspecified atom stereocenters. The van der Waals surface area contributed by atoms with E-state index in [1.54, 1.807) is 6.07 Å². The number of hydrogen-bond acceptors (Lipinski definition) is 4. The van der Waals surface area contributed by atoms with Crippen LogP contribution in [-0.4, -0.2) is 14.0 Å². The van der Waals surface area contributed by atoms with E-state index in [2.05, 4.69) is 17.7 Å². The minimum atomic E-state index is -3.60. The van der Waals surface area contributed by atoms with Crippen LogP contribution in [0.15, 0.2) is 16.3 Å². The number of thiophene rings is 1. The van der Waals surface area contributed by atoms with Gasteiger partial charge in [0, 0.05) is 4.88 Å². The largest absolute Gasteiger partial charge is 0.251 e. The molecule has 1 aliphatic carbocycles. The maximum absolute atomic E-state index is 12.5. The van der Waals surface area contributed by atoms with E-state index < -0.39 is 15.6 Å². The van der Waals surface area contributed by atoms with Gasteiger partial charge in [0.15, 0.2) is 0 Å². The first-order chi connectivity index (χ1) is 9.94. The summed E-state index contributed by atoms with van der Waals surface area (Å²) in [6.07, 6.45) is 4.95. The van der Waals surface area contributed by atoms with Crippen molar-refractivity contribution in [2.75, 3.05) is 0 Å². The van der Waals surface area contributed by atoms with Crippen molar-refractivity contribution in [3.63, 3.8) is 0 Å². The molecule has 0 saturated heterocycles. The number of nitrogens with one attached hydrogen (secondary N) is 1. The molecule has 116 valence electrons. The highest BCUT2D eigenvalue weighted by atomic mass is 32.2. The van der Waals surface area contributed by atoms with Crippen molar-refractivity contribution in [2.24, 2.45) is 5.92 Å². The Morgan fingerprint density at radius 2 is 2.05 bits per heavy atom. The number of nitrogens with zero attached hydrogens (tertiary/aromatic N) is 1. The fraction of sp³-hybridized carbons (Fsp3) is 0.667. The Balaban J connectivity index is 2.16. The zero-order valence-electron chi connectivity index (χ0n) is 12.6. The van der Waals surface area contributed by atoms with Crippen LogP contribution in [0, 0.1) is 17.2 Å². The van der Waals surface area contributed by atoms with Crippen LogP contribution < -0.4 is 4.72 Å². The molecule has 0 aliphatic heterocycles. The highest BCUT2D eigenvalue weighted by molar-refractivity contribution is 7.91. The van der Waals surface area contributed by atoms with Crippen LogP contribution >= 0.6 is 11.3 Å². The van der Waals surface area contributed by atoms with Gasteiger partial charge in [0.1, 0.15) is 9.75 Å². The average molecular weight is 326 g/mol. The topological polar surface area (TPSA) is 70.0 Å². The number of rotatable bonds is 5. The molecular formula is C15H22N2O2S2. The average Bonchev–Trinajstić information content (AvgIpc) is 2.97. The van der Waals surface area contributed by atoms with E-state index >= 15 is 0 Å². The second kappa shape index (κ2) is 6.47. The van der Waals surface area contributed by atoms with Crippen LogP contribution in [0.25, 0.3) is 0 Å². The Hall–Kier alpha value is -0.900. The van der Waals surface area contributed by atoms with Gasteiger partial charge in [0.05, 0.1) is 6.07 Å². The fourth-order valence-corrected chi connectivity index (χ4v) is 5.49. The molecule has 2 rings (SSSR count). The minimum Gasteiger partial charge on any atom is -0.206 e. The van der Waals surface area contributed by atoms with Crippen molar-refractivity contribution in [3.8, 4) is 6.07 Å². The Bertz CT molecular complexity index is 620. The molecule has 1 fully saturated rings. The van der Waals surface area contributed by atoms with Gasteiger partial charge < -0.3 is 0 Å². The predicted octanol–water partition coefficient (Wildman–Crippen LogP) is 3.45. The molecule has 1 aromatic heterocycles. The Morgan fingerprint density at radius 1 is 1.38 bits per heavy atom. The molecule has 0 bridgehead atoms. The third-order valence-corrected chi connectivity index (χ3v) is 7.59. The summed E-state index contributed by atoms with van der Waals surface area (Å²) >= 11 is 1.28. The van der Waals surface area contributed by atoms with Gasteiger partial charge in [-0.15, -0.1) is 11.3 Å². The minimum absolute atomic E-state index is 0.312. The summed E-state index contributed by atoms with van der Waals surface area (Å²) < 4.78 is 28.0. The van der Waals surface area contributed by atoms with Crippen molar-refractivity contribution in [2.45, 2.75) is 62.1 Å². The summed E-state index contributed by atoms with van der Waals surface area (Å²) in [7, 11) is -3.60. The molecule has 1 aromatic rings. The quantitative estimate of drug-likeness (QED) is 0.901. The molecule has 21 heavy (non-hydrogen) atoms. The normalized spacial score (nSPS) is 26.4. The lowest BCUT2D eigenvalue weighted by molar-refractivity contribution is 0.259. The third-order valence-electron chi connectivity index (χ3n) is 4.33. The van der Waals surface area contributed by atoms with E-state index in [0.717, 1.165) is 30.6 Å². The molecule has 0 spiro atoms. The molecule has 0 aromatic carbocycles. The van der Waals surface area contributed by atoms with Crippen molar-refractivity contribution in [3.05, 3.63) is 17.0 Å². The first kappa shape index (κ1) is 16.5. The summed E-state index contributed by atoms with van der Waals surface area (Å²) in [5, 5.41) is 9.49. The van der Waals surface area contributed by atoms with Crippen LogP contribution in [-0.2, 0) is 16.4 Å². The molecule has 1 heterocycles. The number of nitriles is 1. The second-order valence-electron chi connectivity index (χ2n) is 5.73. The lowest BCUT2D eigenvalue weighted by atomic mass is 9.77. The SMILES string of the molecule is CCc1ccc(S(=O)(=O)NC2(C#N)CCC(CC)CC2)s1. The van der Waals surface area contributed by atoms with E-state index in [0.29, 0.717) is 23.0 Å². The molecule has 0 amide bonds. The molecule has 0 radical (unpaired) electrons. The summed E-state index contributed by atoms with van der Waals surface area (Å²) in [6.45, 7) is 4.14. The Labute approximate surface area is 131 Å². The molecule has 0 atom stereocenters. The van der Waals surface area contributed by atoms with E-state index in [1.165, 1.54) is 11.3 Å². The molecular weight excluding hydrogens is 304 g/mol. The van der Waals surface area contributed by atoms with Gasteiger partial charge in [-0.1, -0.05) is 20.3 Å².